The van der Waals surface area contributed by atoms with Crippen LogP contribution < -0.4 is 10.6 Å². The highest BCUT2D eigenvalue weighted by molar-refractivity contribution is 6.00. The lowest BCUT2D eigenvalue weighted by Gasteiger charge is -2.28. The number of aromatic nitrogens is 1. The Hall–Kier alpha value is -3.66. The largest absolute Gasteiger partial charge is 0.434 e. The van der Waals surface area contributed by atoms with E-state index in [9.17, 15) is 14.9 Å². The van der Waals surface area contributed by atoms with Gasteiger partial charge in [0.25, 0.3) is 5.89 Å². The van der Waals surface area contributed by atoms with Crippen molar-refractivity contribution < 1.29 is 14.0 Å². The lowest BCUT2D eigenvalue weighted by atomic mass is 9.84. The molecule has 1 aliphatic rings. The fourth-order valence-corrected chi connectivity index (χ4v) is 4.63. The maximum atomic E-state index is 13.4. The molecule has 2 aromatic carbocycles. The number of fused-ring (bicyclic) bond motifs is 1. The Morgan fingerprint density at radius 3 is 2.56 bits per heavy atom. The summed E-state index contributed by atoms with van der Waals surface area (Å²) in [6.45, 7) is 1.85. The molecule has 2 atom stereocenters. The number of nitriles is 1. The number of para-hydroxylation sites is 3. The van der Waals surface area contributed by atoms with Crippen molar-refractivity contribution in [3.8, 4) is 6.07 Å². The molecule has 176 valence electrons. The summed E-state index contributed by atoms with van der Waals surface area (Å²) in [6, 6.07) is 15.2. The summed E-state index contributed by atoms with van der Waals surface area (Å²) >= 11 is 0. The first-order valence-corrected chi connectivity index (χ1v) is 12.0. The second-order valence-electron chi connectivity index (χ2n) is 8.91. The third kappa shape index (κ3) is 5.45. The third-order valence-corrected chi connectivity index (χ3v) is 6.53. The van der Waals surface area contributed by atoms with Crippen LogP contribution in [0.3, 0.4) is 0 Å². The molecule has 1 amide bonds. The van der Waals surface area contributed by atoms with Gasteiger partial charge in [-0.3, -0.25) is 9.59 Å². The molecule has 4 rings (SSSR count). The number of nitrogens with one attached hydrogen (secondary N) is 2. The van der Waals surface area contributed by atoms with Gasteiger partial charge in [-0.05, 0) is 43.0 Å². The molecule has 1 heterocycles. The molecule has 0 radical (unpaired) electrons. The second kappa shape index (κ2) is 11.0. The highest BCUT2D eigenvalue weighted by atomic mass is 16.4. The van der Waals surface area contributed by atoms with Crippen molar-refractivity contribution >= 4 is 28.5 Å². The minimum atomic E-state index is -0.748. The van der Waals surface area contributed by atoms with Gasteiger partial charge in [-0.15, -0.1) is 0 Å². The average Bonchev–Trinajstić information content (AvgIpc) is 3.31. The Kier molecular flexibility index (Phi) is 7.58. The number of carbonyl (C=O) groups excluding carboxylic acids is 2. The number of amides is 1. The number of ketones is 1. The van der Waals surface area contributed by atoms with Gasteiger partial charge in [0.2, 0.25) is 11.7 Å². The lowest BCUT2D eigenvalue weighted by molar-refractivity contribution is -0.122. The summed E-state index contributed by atoms with van der Waals surface area (Å²) in [6.07, 6.45) is 6.81. The van der Waals surface area contributed by atoms with Crippen molar-refractivity contribution in [3.63, 3.8) is 0 Å². The number of benzene rings is 2. The van der Waals surface area contributed by atoms with Crippen LogP contribution in [0.15, 0.2) is 52.9 Å². The van der Waals surface area contributed by atoms with E-state index in [2.05, 4.69) is 21.7 Å². The average molecular weight is 459 g/mol. The van der Waals surface area contributed by atoms with Gasteiger partial charge in [-0.2, -0.15) is 5.26 Å². The molecule has 1 fully saturated rings. The molecule has 0 spiro atoms. The monoisotopic (exact) mass is 458 g/mol. The molecule has 7 heteroatoms. The van der Waals surface area contributed by atoms with Gasteiger partial charge in [-0.1, -0.05) is 63.3 Å². The van der Waals surface area contributed by atoms with E-state index in [4.69, 9.17) is 4.42 Å². The van der Waals surface area contributed by atoms with Gasteiger partial charge in [0.15, 0.2) is 5.58 Å². The molecule has 1 unspecified atom stereocenters. The van der Waals surface area contributed by atoms with Gasteiger partial charge in [0, 0.05) is 0 Å². The summed E-state index contributed by atoms with van der Waals surface area (Å²) < 4.78 is 5.64. The number of anilines is 1. The van der Waals surface area contributed by atoms with E-state index in [1.54, 1.807) is 30.3 Å². The van der Waals surface area contributed by atoms with Crippen molar-refractivity contribution in [3.05, 3.63) is 60.0 Å². The third-order valence-electron chi connectivity index (χ3n) is 6.53. The van der Waals surface area contributed by atoms with Crippen LogP contribution in [0.2, 0.25) is 0 Å². The van der Waals surface area contributed by atoms with Crippen molar-refractivity contribution in [1.29, 1.82) is 5.26 Å². The minimum absolute atomic E-state index is 0.0000316. The van der Waals surface area contributed by atoms with Crippen LogP contribution in [-0.4, -0.2) is 28.8 Å². The van der Waals surface area contributed by atoms with Crippen LogP contribution in [0.4, 0.5) is 5.69 Å². The molecule has 7 nitrogen and oxygen atoms in total. The van der Waals surface area contributed by atoms with E-state index >= 15 is 0 Å². The zero-order valence-corrected chi connectivity index (χ0v) is 19.4. The molecule has 0 aliphatic heterocycles. The normalized spacial score (nSPS) is 15.9. The van der Waals surface area contributed by atoms with Crippen molar-refractivity contribution in [2.75, 3.05) is 5.32 Å². The number of carbonyl (C=O) groups is 2. The molecule has 0 bridgehead atoms. The number of hydrogen-bond acceptors (Lipinski definition) is 6. The summed E-state index contributed by atoms with van der Waals surface area (Å²) in [7, 11) is 0. The van der Waals surface area contributed by atoms with Crippen LogP contribution >= 0.6 is 0 Å². The van der Waals surface area contributed by atoms with Crippen LogP contribution in [0.1, 0.15) is 68.1 Å². The number of Topliss-reactive ketones (excluding diaryl/α,β-unsaturated/α-hetero) is 1. The Labute approximate surface area is 199 Å². The lowest BCUT2D eigenvalue weighted by Crippen LogP contribution is -2.48. The zero-order valence-electron chi connectivity index (χ0n) is 19.4. The van der Waals surface area contributed by atoms with E-state index < -0.39 is 12.1 Å². The molecular weight excluding hydrogens is 428 g/mol. The van der Waals surface area contributed by atoms with E-state index in [0.29, 0.717) is 41.1 Å². The summed E-state index contributed by atoms with van der Waals surface area (Å²) in [5.41, 5.74) is 2.26. The minimum Gasteiger partial charge on any atom is -0.434 e. The van der Waals surface area contributed by atoms with Crippen molar-refractivity contribution in [2.45, 2.75) is 64.0 Å². The number of rotatable bonds is 9. The first kappa shape index (κ1) is 23.5. The topological polar surface area (TPSA) is 108 Å². The fraction of sp³-hybridized carbons (Fsp3) is 0.407. The van der Waals surface area contributed by atoms with Crippen LogP contribution in [0, 0.1) is 17.2 Å². The Bertz CT molecular complexity index is 1160. The molecule has 1 aliphatic carbocycles. The Morgan fingerprint density at radius 1 is 1.09 bits per heavy atom. The first-order valence-electron chi connectivity index (χ1n) is 12.0. The van der Waals surface area contributed by atoms with Gasteiger partial charge in [0.1, 0.15) is 17.6 Å². The molecule has 3 aromatic rings. The number of oxazole rings is 1. The van der Waals surface area contributed by atoms with Gasteiger partial charge < -0.3 is 15.1 Å². The Morgan fingerprint density at radius 2 is 1.82 bits per heavy atom. The predicted octanol–water partition coefficient (Wildman–Crippen LogP) is 5.23. The van der Waals surface area contributed by atoms with E-state index in [-0.39, 0.29) is 17.6 Å². The van der Waals surface area contributed by atoms with Gasteiger partial charge in [0.05, 0.1) is 17.3 Å². The number of hydrogen-bond donors (Lipinski definition) is 2. The second-order valence-corrected chi connectivity index (χ2v) is 8.91. The predicted molar refractivity (Wildman–Crippen MR) is 130 cm³/mol. The molecular formula is C27H30N4O3. The SMILES string of the molecule is CC[C@H](NC(=O)C(CC1CCCCC1)Nc1ccccc1C#N)C(=O)c1nc2ccccc2o1. The summed E-state index contributed by atoms with van der Waals surface area (Å²) in [5, 5.41) is 15.7. The van der Waals surface area contributed by atoms with Crippen molar-refractivity contribution in [2.24, 2.45) is 5.92 Å². The molecule has 34 heavy (non-hydrogen) atoms. The standard InChI is InChI=1S/C27H30N4O3/c1-2-20(25(32)27-31-22-14-8-9-15-24(22)34-27)30-26(33)23(16-18-10-4-3-5-11-18)29-21-13-7-6-12-19(21)17-28/h6-9,12-15,18,20,23,29H,2-5,10-11,16H2,1H3,(H,30,33)/t20-,23?/m0/s1. The maximum absolute atomic E-state index is 13.4. The van der Waals surface area contributed by atoms with E-state index in [1.807, 2.05) is 25.1 Å². The highest BCUT2D eigenvalue weighted by Gasteiger charge is 2.30. The van der Waals surface area contributed by atoms with Crippen LogP contribution in [0.5, 0.6) is 0 Å². The van der Waals surface area contributed by atoms with Crippen LogP contribution in [0.25, 0.3) is 11.1 Å². The Balaban J connectivity index is 1.52. The zero-order chi connectivity index (χ0) is 23.9. The summed E-state index contributed by atoms with van der Waals surface area (Å²) in [4.78, 5) is 30.9. The molecule has 0 saturated heterocycles. The smallest absolute Gasteiger partial charge is 0.266 e. The van der Waals surface area contributed by atoms with Crippen molar-refractivity contribution in [1.82, 2.24) is 10.3 Å². The molecule has 1 aromatic heterocycles. The van der Waals surface area contributed by atoms with E-state index in [1.165, 1.54) is 19.3 Å². The number of nitrogens with zero attached hydrogens (tertiary/aromatic N) is 2. The first-order chi connectivity index (χ1) is 16.6. The quantitative estimate of drug-likeness (QED) is 0.425. The molecule has 1 saturated carbocycles. The maximum Gasteiger partial charge on any atom is 0.266 e. The summed E-state index contributed by atoms with van der Waals surface area (Å²) in [5.74, 6) is -0.172. The van der Waals surface area contributed by atoms with Gasteiger partial charge in [-0.25, -0.2) is 4.98 Å². The molecule has 2 N–H and O–H groups in total. The van der Waals surface area contributed by atoms with Crippen LogP contribution in [-0.2, 0) is 4.79 Å². The van der Waals surface area contributed by atoms with E-state index in [0.717, 1.165) is 12.8 Å². The fourth-order valence-electron chi connectivity index (χ4n) is 4.63. The van der Waals surface area contributed by atoms with Gasteiger partial charge >= 0.3 is 0 Å². The highest BCUT2D eigenvalue weighted by Crippen LogP contribution is 2.29.